The first-order chi connectivity index (χ1) is 13.4. The summed E-state index contributed by atoms with van der Waals surface area (Å²) in [6.07, 6.45) is 2.21. The smallest absolute Gasteiger partial charge is 0.329 e. The zero-order valence-corrected chi connectivity index (χ0v) is 17.5. The van der Waals surface area contributed by atoms with E-state index in [-0.39, 0.29) is 6.04 Å². The van der Waals surface area contributed by atoms with Crippen LogP contribution < -0.4 is 20.8 Å². The van der Waals surface area contributed by atoms with Gasteiger partial charge in [-0.15, -0.1) is 0 Å². The molecule has 0 radical (unpaired) electrons. The lowest BCUT2D eigenvalue weighted by molar-refractivity contribution is -0.139. The number of hydrogen-bond acceptors (Lipinski definition) is 5. The number of carbonyl (C=O) groups excluding carboxylic acids is 2. The lowest BCUT2D eigenvalue weighted by Crippen LogP contribution is -2.41. The Balaban J connectivity index is 2.07. The maximum atomic E-state index is 11.8. The Morgan fingerprint density at radius 3 is 2.54 bits per heavy atom. The van der Waals surface area contributed by atoms with Crippen molar-refractivity contribution in [3.05, 3.63) is 52.5 Å². The van der Waals surface area contributed by atoms with Crippen LogP contribution in [0.5, 0.6) is 5.75 Å². The zero-order valence-electron chi connectivity index (χ0n) is 16.0. The van der Waals surface area contributed by atoms with Crippen LogP contribution in [-0.4, -0.2) is 31.2 Å². The van der Waals surface area contributed by atoms with E-state index in [1.165, 1.54) is 6.21 Å². The lowest BCUT2D eigenvalue weighted by atomic mass is 10.2. The number of halogens is 1. The first kappa shape index (κ1) is 21.4. The van der Waals surface area contributed by atoms with Crippen molar-refractivity contribution in [2.75, 3.05) is 12.4 Å². The molecule has 2 aromatic carbocycles. The molecule has 2 rings (SSSR count). The topological polar surface area (TPSA) is 91.8 Å². The maximum absolute atomic E-state index is 11.8. The molecule has 0 aliphatic heterocycles. The number of methoxy groups -OCH3 is 1. The summed E-state index contributed by atoms with van der Waals surface area (Å²) < 4.78 is 6.01. The van der Waals surface area contributed by atoms with Gasteiger partial charge in [0.2, 0.25) is 0 Å². The molecule has 0 aliphatic rings. The van der Waals surface area contributed by atoms with Gasteiger partial charge in [0.1, 0.15) is 5.75 Å². The van der Waals surface area contributed by atoms with Crippen molar-refractivity contribution in [2.45, 2.75) is 26.3 Å². The van der Waals surface area contributed by atoms with Crippen molar-refractivity contribution in [2.24, 2.45) is 5.10 Å². The number of hydrazone groups is 1. The molecular formula is C20H23BrN4O3. The Bertz CT molecular complexity index is 853. The van der Waals surface area contributed by atoms with Crippen LogP contribution >= 0.6 is 15.9 Å². The molecule has 0 aliphatic carbocycles. The third-order valence-corrected chi connectivity index (χ3v) is 4.44. The van der Waals surface area contributed by atoms with Gasteiger partial charge in [-0.25, -0.2) is 5.43 Å². The normalized spacial score (nSPS) is 11.7. The summed E-state index contributed by atoms with van der Waals surface area (Å²) in [5.74, 6) is -0.755. The number of benzene rings is 2. The van der Waals surface area contributed by atoms with Crippen molar-refractivity contribution < 1.29 is 14.3 Å². The average Bonchev–Trinajstić information content (AvgIpc) is 2.70. The van der Waals surface area contributed by atoms with Crippen LogP contribution in [0.15, 0.2) is 52.0 Å². The fraction of sp³-hybridized carbons (Fsp3) is 0.250. The van der Waals surface area contributed by atoms with Crippen molar-refractivity contribution >= 4 is 45.3 Å². The molecule has 0 heterocycles. The molecule has 0 fully saturated rings. The number of carbonyl (C=O) groups is 2. The standard InChI is InChI=1S/C20H23BrN4O3/c1-4-13(2)23-19(26)20(27)25-22-12-14-11-15(21)5-10-18(14)24-16-6-8-17(28-3)9-7-16/h5-13,24H,4H2,1-3H3,(H,23,26)(H,25,27)/b22-12-/t13-/m0/s1. The fourth-order valence-electron chi connectivity index (χ4n) is 2.19. The third kappa shape index (κ3) is 6.38. The Hall–Kier alpha value is -2.87. The highest BCUT2D eigenvalue weighted by Crippen LogP contribution is 2.24. The fourth-order valence-corrected chi connectivity index (χ4v) is 2.57. The zero-order chi connectivity index (χ0) is 20.5. The predicted molar refractivity (Wildman–Crippen MR) is 114 cm³/mol. The van der Waals surface area contributed by atoms with Crippen molar-refractivity contribution in [1.29, 1.82) is 0 Å². The molecule has 0 unspecified atom stereocenters. The highest BCUT2D eigenvalue weighted by molar-refractivity contribution is 9.10. The number of rotatable bonds is 7. The van der Waals surface area contributed by atoms with Gasteiger partial charge in [0.15, 0.2) is 0 Å². The van der Waals surface area contributed by atoms with E-state index in [1.807, 2.05) is 56.3 Å². The molecule has 148 valence electrons. The predicted octanol–water partition coefficient (Wildman–Crippen LogP) is 3.57. The lowest BCUT2D eigenvalue weighted by Gasteiger charge is -2.11. The molecule has 1 atom stereocenters. The molecule has 2 amide bonds. The largest absolute Gasteiger partial charge is 0.497 e. The van der Waals surface area contributed by atoms with E-state index >= 15 is 0 Å². The van der Waals surface area contributed by atoms with Gasteiger partial charge in [-0.1, -0.05) is 22.9 Å². The van der Waals surface area contributed by atoms with Crippen LogP contribution in [-0.2, 0) is 9.59 Å². The van der Waals surface area contributed by atoms with Gasteiger partial charge in [0.25, 0.3) is 0 Å². The molecule has 8 heteroatoms. The minimum absolute atomic E-state index is 0.0763. The van der Waals surface area contributed by atoms with Crippen molar-refractivity contribution in [3.63, 3.8) is 0 Å². The van der Waals surface area contributed by atoms with Gasteiger partial charge in [0.05, 0.1) is 13.3 Å². The number of nitrogens with zero attached hydrogens (tertiary/aromatic N) is 1. The molecule has 7 nitrogen and oxygen atoms in total. The van der Waals surface area contributed by atoms with E-state index in [9.17, 15) is 9.59 Å². The van der Waals surface area contributed by atoms with E-state index in [2.05, 4.69) is 37.1 Å². The summed E-state index contributed by atoms with van der Waals surface area (Å²) in [6.45, 7) is 3.75. The molecule has 3 N–H and O–H groups in total. The Kier molecular flexibility index (Phi) is 8.01. The SMILES string of the molecule is CC[C@H](C)NC(=O)C(=O)N/N=C\c1cc(Br)ccc1Nc1ccc(OC)cc1. The highest BCUT2D eigenvalue weighted by atomic mass is 79.9. The van der Waals surface area contributed by atoms with E-state index in [0.29, 0.717) is 0 Å². The monoisotopic (exact) mass is 446 g/mol. The van der Waals surface area contributed by atoms with Gasteiger partial charge in [-0.3, -0.25) is 9.59 Å². The van der Waals surface area contributed by atoms with Crippen LogP contribution in [0.3, 0.4) is 0 Å². The number of amides is 2. The van der Waals surface area contributed by atoms with Crippen LogP contribution in [0, 0.1) is 0 Å². The molecule has 0 saturated carbocycles. The van der Waals surface area contributed by atoms with Crippen LogP contribution in [0.4, 0.5) is 11.4 Å². The number of ether oxygens (including phenoxy) is 1. The van der Waals surface area contributed by atoms with E-state index in [4.69, 9.17) is 4.74 Å². The Morgan fingerprint density at radius 1 is 1.18 bits per heavy atom. The second-order valence-corrected chi connectivity index (χ2v) is 6.98. The van der Waals surface area contributed by atoms with Crippen molar-refractivity contribution in [3.8, 4) is 5.75 Å². The number of nitrogens with one attached hydrogen (secondary N) is 3. The Labute approximate surface area is 172 Å². The van der Waals surface area contributed by atoms with Crippen LogP contribution in [0.2, 0.25) is 0 Å². The summed E-state index contributed by atoms with van der Waals surface area (Å²) >= 11 is 3.42. The molecule has 28 heavy (non-hydrogen) atoms. The van der Waals surface area contributed by atoms with Gasteiger partial charge in [0, 0.05) is 27.5 Å². The Morgan fingerprint density at radius 2 is 1.89 bits per heavy atom. The minimum Gasteiger partial charge on any atom is -0.497 e. The summed E-state index contributed by atoms with van der Waals surface area (Å²) in [5, 5.41) is 9.77. The molecule has 0 spiro atoms. The van der Waals surface area contributed by atoms with Crippen molar-refractivity contribution in [1.82, 2.24) is 10.7 Å². The summed E-state index contributed by atoms with van der Waals surface area (Å²) in [4.78, 5) is 23.6. The van der Waals surface area contributed by atoms with E-state index in [1.54, 1.807) is 7.11 Å². The van der Waals surface area contributed by atoms with Crippen LogP contribution in [0.25, 0.3) is 0 Å². The quantitative estimate of drug-likeness (QED) is 0.344. The summed E-state index contributed by atoms with van der Waals surface area (Å²) in [7, 11) is 1.61. The van der Waals surface area contributed by atoms with Gasteiger partial charge in [-0.2, -0.15) is 5.10 Å². The summed E-state index contributed by atoms with van der Waals surface area (Å²) in [6, 6.07) is 13.0. The molecule has 0 bridgehead atoms. The van der Waals surface area contributed by atoms with Gasteiger partial charge < -0.3 is 15.4 Å². The van der Waals surface area contributed by atoms with Gasteiger partial charge in [-0.05, 0) is 55.8 Å². The minimum atomic E-state index is -0.809. The molecule has 2 aromatic rings. The van der Waals surface area contributed by atoms with Gasteiger partial charge >= 0.3 is 11.8 Å². The first-order valence-electron chi connectivity index (χ1n) is 8.77. The molecular weight excluding hydrogens is 424 g/mol. The average molecular weight is 447 g/mol. The second-order valence-electron chi connectivity index (χ2n) is 6.07. The highest BCUT2D eigenvalue weighted by Gasteiger charge is 2.14. The molecule has 0 saturated heterocycles. The number of anilines is 2. The van der Waals surface area contributed by atoms with Crippen LogP contribution in [0.1, 0.15) is 25.8 Å². The second kappa shape index (κ2) is 10.5. The number of hydrogen-bond donors (Lipinski definition) is 3. The first-order valence-corrected chi connectivity index (χ1v) is 9.56. The summed E-state index contributed by atoms with van der Waals surface area (Å²) in [5.41, 5.74) is 4.63. The maximum Gasteiger partial charge on any atom is 0.329 e. The molecule has 0 aromatic heterocycles. The van der Waals surface area contributed by atoms with E-state index in [0.717, 1.165) is 33.6 Å². The van der Waals surface area contributed by atoms with E-state index < -0.39 is 11.8 Å². The third-order valence-electron chi connectivity index (χ3n) is 3.95.